The SMILES string of the molecule is CC(C)(C)OC(=O)NCCC(=O)N[C@@H](CC(=O)On1c(O)ccc1O)C(=O)On1c(O)ccc1O. The van der Waals surface area contributed by atoms with E-state index in [1.54, 1.807) is 20.8 Å². The zero-order valence-corrected chi connectivity index (χ0v) is 19.0. The largest absolute Gasteiger partial charge is 0.492 e. The van der Waals surface area contributed by atoms with Crippen LogP contribution in [0.2, 0.25) is 0 Å². The number of alkyl carbamates (subject to hydrolysis) is 1. The molecule has 15 heteroatoms. The Morgan fingerprint density at radius 3 is 1.86 bits per heavy atom. The Morgan fingerprint density at radius 1 is 0.886 bits per heavy atom. The third kappa shape index (κ3) is 8.06. The summed E-state index contributed by atoms with van der Waals surface area (Å²) >= 11 is 0. The summed E-state index contributed by atoms with van der Waals surface area (Å²) in [5.74, 6) is -5.77. The number of nitrogens with zero attached hydrogens (tertiary/aromatic N) is 2. The highest BCUT2D eigenvalue weighted by Gasteiger charge is 2.29. The Kier molecular flexibility index (Phi) is 8.42. The molecule has 2 aromatic rings. The van der Waals surface area contributed by atoms with Gasteiger partial charge in [0.05, 0.1) is 6.42 Å². The van der Waals surface area contributed by atoms with E-state index in [-0.39, 0.29) is 13.0 Å². The minimum atomic E-state index is -1.70. The number of aromatic nitrogens is 2. The molecule has 2 aromatic heterocycles. The third-order valence-electron chi connectivity index (χ3n) is 3.98. The van der Waals surface area contributed by atoms with E-state index in [1.807, 2.05) is 0 Å². The smallest absolute Gasteiger partial charge is 0.407 e. The molecule has 0 radical (unpaired) electrons. The Balaban J connectivity index is 2.04. The molecule has 2 rings (SSSR count). The van der Waals surface area contributed by atoms with Crippen molar-refractivity contribution in [1.29, 1.82) is 0 Å². The van der Waals surface area contributed by atoms with Crippen LogP contribution in [-0.4, -0.2) is 72.0 Å². The number of ether oxygens (including phenoxy) is 1. The van der Waals surface area contributed by atoms with Crippen molar-refractivity contribution in [3.63, 3.8) is 0 Å². The quantitative estimate of drug-likeness (QED) is 0.260. The summed E-state index contributed by atoms with van der Waals surface area (Å²) in [6, 6.07) is 2.41. The maximum Gasteiger partial charge on any atom is 0.407 e. The van der Waals surface area contributed by atoms with Gasteiger partial charge in [0.15, 0.2) is 0 Å². The van der Waals surface area contributed by atoms with E-state index in [1.165, 1.54) is 0 Å². The van der Waals surface area contributed by atoms with Gasteiger partial charge in [0.1, 0.15) is 11.6 Å². The molecule has 0 saturated heterocycles. The average Bonchev–Trinajstić information content (AvgIpc) is 3.22. The second kappa shape index (κ2) is 11.0. The molecule has 0 aliphatic carbocycles. The molecular weight excluding hydrogens is 472 g/mol. The van der Waals surface area contributed by atoms with Crippen LogP contribution in [0.15, 0.2) is 24.3 Å². The van der Waals surface area contributed by atoms with E-state index >= 15 is 0 Å². The van der Waals surface area contributed by atoms with E-state index in [9.17, 15) is 39.6 Å². The maximum absolute atomic E-state index is 12.6. The zero-order valence-electron chi connectivity index (χ0n) is 19.0. The average molecular weight is 498 g/mol. The number of carbonyl (C=O) groups excluding carboxylic acids is 4. The Labute approximate surface area is 198 Å². The lowest BCUT2D eigenvalue weighted by Gasteiger charge is -2.20. The highest BCUT2D eigenvalue weighted by molar-refractivity contribution is 5.88. The molecule has 0 fully saturated rings. The van der Waals surface area contributed by atoms with Gasteiger partial charge in [-0.3, -0.25) is 4.79 Å². The van der Waals surface area contributed by atoms with Crippen molar-refractivity contribution >= 4 is 23.9 Å². The summed E-state index contributed by atoms with van der Waals surface area (Å²) in [4.78, 5) is 58.4. The first-order chi connectivity index (χ1) is 16.3. The molecule has 0 spiro atoms. The van der Waals surface area contributed by atoms with Crippen molar-refractivity contribution in [3.8, 4) is 23.5 Å². The summed E-state index contributed by atoms with van der Waals surface area (Å²) in [6.07, 6.45) is -1.93. The minimum Gasteiger partial charge on any atom is -0.492 e. The number of rotatable bonds is 9. The summed E-state index contributed by atoms with van der Waals surface area (Å²) in [5.41, 5.74) is -0.750. The molecule has 0 aliphatic rings. The van der Waals surface area contributed by atoms with Crippen LogP contribution in [0.25, 0.3) is 0 Å². The van der Waals surface area contributed by atoms with Crippen LogP contribution in [-0.2, 0) is 19.1 Å². The van der Waals surface area contributed by atoms with E-state index in [0.29, 0.717) is 9.46 Å². The number of nitrogens with one attached hydrogen (secondary N) is 2. The molecule has 192 valence electrons. The number of aromatic hydroxyl groups is 4. The van der Waals surface area contributed by atoms with E-state index in [4.69, 9.17) is 14.4 Å². The van der Waals surface area contributed by atoms with Gasteiger partial charge in [-0.15, -0.1) is 9.46 Å². The van der Waals surface area contributed by atoms with E-state index in [2.05, 4.69) is 10.6 Å². The van der Waals surface area contributed by atoms with E-state index < -0.39 is 65.5 Å². The molecule has 2 amide bonds. The molecule has 15 nitrogen and oxygen atoms in total. The van der Waals surface area contributed by atoms with Crippen molar-refractivity contribution in [2.75, 3.05) is 6.54 Å². The minimum absolute atomic E-state index is 0.169. The molecule has 0 aliphatic heterocycles. The number of hydrogen-bond donors (Lipinski definition) is 6. The lowest BCUT2D eigenvalue weighted by molar-refractivity contribution is -0.155. The first kappa shape index (κ1) is 26.7. The Morgan fingerprint density at radius 2 is 1.37 bits per heavy atom. The summed E-state index contributed by atoms with van der Waals surface area (Å²) in [5, 5.41) is 43.0. The van der Waals surface area contributed by atoms with Crippen LogP contribution >= 0.6 is 0 Å². The predicted molar refractivity (Wildman–Crippen MR) is 114 cm³/mol. The van der Waals surface area contributed by atoms with Gasteiger partial charge in [-0.05, 0) is 20.8 Å². The van der Waals surface area contributed by atoms with Crippen LogP contribution in [0.3, 0.4) is 0 Å². The second-order valence-electron chi connectivity index (χ2n) is 8.06. The van der Waals surface area contributed by atoms with Crippen LogP contribution in [0.5, 0.6) is 23.5 Å². The van der Waals surface area contributed by atoms with Gasteiger partial charge in [-0.2, -0.15) is 0 Å². The molecule has 0 saturated carbocycles. The maximum atomic E-state index is 12.6. The summed E-state index contributed by atoms with van der Waals surface area (Å²) < 4.78 is 5.76. The van der Waals surface area contributed by atoms with Crippen molar-refractivity contribution in [3.05, 3.63) is 24.3 Å². The topological polar surface area (TPSA) is 211 Å². The predicted octanol–water partition coefficient (Wildman–Crippen LogP) is -0.488. The second-order valence-corrected chi connectivity index (χ2v) is 8.06. The molecule has 0 aromatic carbocycles. The fraction of sp³-hybridized carbons (Fsp3) is 0.400. The van der Waals surface area contributed by atoms with Gasteiger partial charge < -0.3 is 45.5 Å². The standard InChI is InChI=1S/C20H26N4O11/c1-20(2,3)33-19(32)21-9-8-12(25)22-11(18(31)35-24-15(28)6-7-16(24)29)10-17(30)34-23-13(26)4-5-14(23)27/h4-7,11,26-29H,8-10H2,1-3H3,(H,21,32)(H,22,25)/t11-/m0/s1. The summed E-state index contributed by atoms with van der Waals surface area (Å²) in [6.45, 7) is 4.80. The highest BCUT2D eigenvalue weighted by atomic mass is 16.7. The van der Waals surface area contributed by atoms with Crippen molar-refractivity contribution in [1.82, 2.24) is 20.1 Å². The van der Waals surface area contributed by atoms with Gasteiger partial charge >= 0.3 is 18.0 Å². The van der Waals surface area contributed by atoms with Gasteiger partial charge in [0, 0.05) is 37.2 Å². The number of hydrogen-bond acceptors (Lipinski definition) is 11. The number of carbonyl (C=O) groups is 4. The first-order valence-corrected chi connectivity index (χ1v) is 10.2. The van der Waals surface area contributed by atoms with Crippen LogP contribution in [0.4, 0.5) is 4.79 Å². The van der Waals surface area contributed by atoms with Gasteiger partial charge in [-0.1, -0.05) is 0 Å². The normalized spacial score (nSPS) is 11.9. The zero-order chi connectivity index (χ0) is 26.3. The van der Waals surface area contributed by atoms with Gasteiger partial charge in [-0.25, -0.2) is 14.4 Å². The molecule has 0 unspecified atom stereocenters. The monoisotopic (exact) mass is 498 g/mol. The lowest BCUT2D eigenvalue weighted by atomic mass is 10.2. The molecule has 1 atom stereocenters. The van der Waals surface area contributed by atoms with E-state index in [0.717, 1.165) is 24.3 Å². The molecule has 0 bridgehead atoms. The van der Waals surface area contributed by atoms with Crippen LogP contribution in [0, 0.1) is 0 Å². The summed E-state index contributed by atoms with van der Waals surface area (Å²) in [7, 11) is 0. The van der Waals surface area contributed by atoms with Crippen molar-refractivity contribution in [2.24, 2.45) is 0 Å². The first-order valence-electron chi connectivity index (χ1n) is 10.2. The third-order valence-corrected chi connectivity index (χ3v) is 3.98. The molecule has 35 heavy (non-hydrogen) atoms. The molecule has 2 heterocycles. The Bertz CT molecular complexity index is 1040. The van der Waals surface area contributed by atoms with Crippen LogP contribution in [0.1, 0.15) is 33.6 Å². The fourth-order valence-electron chi connectivity index (χ4n) is 2.50. The number of amides is 2. The highest BCUT2D eigenvalue weighted by Crippen LogP contribution is 2.20. The van der Waals surface area contributed by atoms with Crippen LogP contribution < -0.4 is 20.3 Å². The fourth-order valence-corrected chi connectivity index (χ4v) is 2.50. The van der Waals surface area contributed by atoms with Crippen molar-refractivity contribution < 1.29 is 54.0 Å². The van der Waals surface area contributed by atoms with Gasteiger partial charge in [0.25, 0.3) is 0 Å². The molecule has 6 N–H and O–H groups in total. The van der Waals surface area contributed by atoms with Gasteiger partial charge in [0.2, 0.25) is 29.4 Å². The van der Waals surface area contributed by atoms with Crippen molar-refractivity contribution in [2.45, 2.75) is 45.3 Å². The molecular formula is C20H26N4O11. The lowest BCUT2D eigenvalue weighted by Crippen LogP contribution is -2.47. The Hall–Kier alpha value is -4.56.